The Hall–Kier alpha value is -1.00. The molecule has 4 heteroatoms. The molecule has 0 saturated heterocycles. The average Bonchev–Trinajstić information content (AvgIpc) is 2.39. The SMILES string of the molecule is CSc1ccc(CN(C)C(=O)C2(CN)CCC2)cc1. The van der Waals surface area contributed by atoms with E-state index in [-0.39, 0.29) is 11.3 Å². The van der Waals surface area contributed by atoms with E-state index in [1.54, 1.807) is 11.8 Å². The number of hydrogen-bond acceptors (Lipinski definition) is 3. The summed E-state index contributed by atoms with van der Waals surface area (Å²) >= 11 is 1.73. The highest BCUT2D eigenvalue weighted by Crippen LogP contribution is 2.41. The summed E-state index contributed by atoms with van der Waals surface area (Å²) in [5.41, 5.74) is 6.69. The highest BCUT2D eigenvalue weighted by Gasteiger charge is 2.44. The van der Waals surface area contributed by atoms with E-state index in [1.807, 2.05) is 11.9 Å². The van der Waals surface area contributed by atoms with Crippen LogP contribution in [0.3, 0.4) is 0 Å². The summed E-state index contributed by atoms with van der Waals surface area (Å²) < 4.78 is 0. The van der Waals surface area contributed by atoms with Crippen LogP contribution in [0.2, 0.25) is 0 Å². The van der Waals surface area contributed by atoms with Gasteiger partial charge >= 0.3 is 0 Å². The van der Waals surface area contributed by atoms with Gasteiger partial charge in [-0.1, -0.05) is 18.6 Å². The second-order valence-electron chi connectivity index (χ2n) is 5.35. The summed E-state index contributed by atoms with van der Waals surface area (Å²) in [5, 5.41) is 0. The smallest absolute Gasteiger partial charge is 0.230 e. The third kappa shape index (κ3) is 2.95. The number of rotatable bonds is 5. The molecule has 104 valence electrons. The van der Waals surface area contributed by atoms with E-state index in [0.717, 1.165) is 19.3 Å². The fourth-order valence-electron chi connectivity index (χ4n) is 2.59. The third-order valence-corrected chi connectivity index (χ3v) is 4.82. The van der Waals surface area contributed by atoms with E-state index < -0.39 is 0 Å². The van der Waals surface area contributed by atoms with Gasteiger partial charge in [-0.25, -0.2) is 0 Å². The predicted octanol–water partition coefficient (Wildman–Crippen LogP) is 2.50. The van der Waals surface area contributed by atoms with Crippen molar-refractivity contribution in [1.29, 1.82) is 0 Å². The van der Waals surface area contributed by atoms with Crippen molar-refractivity contribution >= 4 is 17.7 Å². The van der Waals surface area contributed by atoms with Gasteiger partial charge in [0.05, 0.1) is 5.41 Å². The molecule has 1 aromatic rings. The molecule has 2 N–H and O–H groups in total. The summed E-state index contributed by atoms with van der Waals surface area (Å²) in [5.74, 6) is 0.204. The molecule has 0 atom stereocenters. The first kappa shape index (κ1) is 14.4. The first-order valence-corrected chi connectivity index (χ1v) is 7.92. The van der Waals surface area contributed by atoms with Crippen LogP contribution in [0.15, 0.2) is 29.2 Å². The van der Waals surface area contributed by atoms with Gasteiger partial charge in [0.1, 0.15) is 0 Å². The van der Waals surface area contributed by atoms with Crippen molar-refractivity contribution in [3.8, 4) is 0 Å². The van der Waals surface area contributed by atoms with Gasteiger partial charge < -0.3 is 10.6 Å². The van der Waals surface area contributed by atoms with Gasteiger partial charge in [0, 0.05) is 25.0 Å². The Kier molecular flexibility index (Phi) is 4.53. The molecule has 1 aliphatic carbocycles. The van der Waals surface area contributed by atoms with Crippen molar-refractivity contribution in [2.75, 3.05) is 19.8 Å². The minimum absolute atomic E-state index is 0.204. The molecule has 0 heterocycles. The van der Waals surface area contributed by atoms with Crippen molar-refractivity contribution < 1.29 is 4.79 Å². The monoisotopic (exact) mass is 278 g/mol. The molecule has 0 spiro atoms. The summed E-state index contributed by atoms with van der Waals surface area (Å²) in [4.78, 5) is 15.5. The zero-order valence-corrected chi connectivity index (χ0v) is 12.5. The molecule has 0 radical (unpaired) electrons. The van der Waals surface area contributed by atoms with Crippen molar-refractivity contribution in [2.24, 2.45) is 11.1 Å². The molecule has 0 aromatic heterocycles. The van der Waals surface area contributed by atoms with Crippen molar-refractivity contribution in [2.45, 2.75) is 30.7 Å². The maximum atomic E-state index is 12.4. The molecule has 1 fully saturated rings. The Labute approximate surface area is 119 Å². The minimum Gasteiger partial charge on any atom is -0.341 e. The van der Waals surface area contributed by atoms with Crippen LogP contribution in [-0.2, 0) is 11.3 Å². The first-order valence-electron chi connectivity index (χ1n) is 6.70. The van der Waals surface area contributed by atoms with Crippen molar-refractivity contribution in [3.05, 3.63) is 29.8 Å². The number of carbonyl (C=O) groups excluding carboxylic acids is 1. The predicted molar refractivity (Wildman–Crippen MR) is 80.0 cm³/mol. The van der Waals surface area contributed by atoms with Gasteiger partial charge in [-0.3, -0.25) is 4.79 Å². The number of thioether (sulfide) groups is 1. The van der Waals surface area contributed by atoms with Gasteiger partial charge in [-0.2, -0.15) is 0 Å². The normalized spacial score (nSPS) is 16.8. The Morgan fingerprint density at radius 2 is 2.00 bits per heavy atom. The van der Waals surface area contributed by atoms with Crippen molar-refractivity contribution in [3.63, 3.8) is 0 Å². The zero-order chi connectivity index (χ0) is 13.9. The van der Waals surface area contributed by atoms with Crippen LogP contribution in [0.25, 0.3) is 0 Å². The summed E-state index contributed by atoms with van der Waals surface area (Å²) in [7, 11) is 1.88. The molecular formula is C15H22N2OS. The first-order chi connectivity index (χ1) is 9.11. The van der Waals surface area contributed by atoms with Crippen molar-refractivity contribution in [1.82, 2.24) is 4.90 Å². The molecule has 1 saturated carbocycles. The molecule has 3 nitrogen and oxygen atoms in total. The zero-order valence-electron chi connectivity index (χ0n) is 11.7. The van der Waals surface area contributed by atoms with E-state index in [9.17, 15) is 4.79 Å². The number of nitrogens with two attached hydrogens (primary N) is 1. The average molecular weight is 278 g/mol. The second kappa shape index (κ2) is 5.97. The summed E-state index contributed by atoms with van der Waals surface area (Å²) in [6, 6.07) is 8.37. The Morgan fingerprint density at radius 3 is 2.42 bits per heavy atom. The molecule has 0 unspecified atom stereocenters. The van der Waals surface area contributed by atoms with Crippen LogP contribution in [-0.4, -0.2) is 30.7 Å². The number of nitrogens with zero attached hydrogens (tertiary/aromatic N) is 1. The van der Waals surface area contributed by atoms with Crippen LogP contribution in [0.4, 0.5) is 0 Å². The topological polar surface area (TPSA) is 46.3 Å². The maximum absolute atomic E-state index is 12.4. The molecule has 2 rings (SSSR count). The molecular weight excluding hydrogens is 256 g/mol. The summed E-state index contributed by atoms with van der Waals surface area (Å²) in [6.45, 7) is 1.14. The molecule has 1 aliphatic rings. The number of hydrogen-bond donors (Lipinski definition) is 1. The van der Waals surface area contributed by atoms with Gasteiger partial charge in [0.15, 0.2) is 0 Å². The molecule has 19 heavy (non-hydrogen) atoms. The van der Waals surface area contributed by atoms with Crippen LogP contribution in [0, 0.1) is 5.41 Å². The Morgan fingerprint density at radius 1 is 1.37 bits per heavy atom. The number of carbonyl (C=O) groups is 1. The summed E-state index contributed by atoms with van der Waals surface area (Å²) in [6.07, 6.45) is 5.07. The lowest BCUT2D eigenvalue weighted by Gasteiger charge is -2.41. The van der Waals surface area contributed by atoms with E-state index in [2.05, 4.69) is 30.5 Å². The van der Waals surface area contributed by atoms with E-state index in [4.69, 9.17) is 5.73 Å². The highest BCUT2D eigenvalue weighted by molar-refractivity contribution is 7.98. The lowest BCUT2D eigenvalue weighted by atomic mass is 9.68. The number of amides is 1. The van der Waals surface area contributed by atoms with E-state index >= 15 is 0 Å². The van der Waals surface area contributed by atoms with Crippen LogP contribution in [0.5, 0.6) is 0 Å². The van der Waals surface area contributed by atoms with Crippen LogP contribution < -0.4 is 5.73 Å². The van der Waals surface area contributed by atoms with Gasteiger partial charge in [-0.05, 0) is 36.8 Å². The van der Waals surface area contributed by atoms with Crippen LogP contribution >= 0.6 is 11.8 Å². The molecule has 1 amide bonds. The third-order valence-electron chi connectivity index (χ3n) is 4.08. The lowest BCUT2D eigenvalue weighted by molar-refractivity contribution is -0.145. The minimum atomic E-state index is -0.270. The fourth-order valence-corrected chi connectivity index (χ4v) is 3.00. The Bertz CT molecular complexity index is 434. The van der Waals surface area contributed by atoms with Gasteiger partial charge in [0.25, 0.3) is 0 Å². The fraction of sp³-hybridized carbons (Fsp3) is 0.533. The second-order valence-corrected chi connectivity index (χ2v) is 6.23. The quantitative estimate of drug-likeness (QED) is 0.842. The van der Waals surface area contributed by atoms with E-state index in [0.29, 0.717) is 13.1 Å². The Balaban J connectivity index is 1.99. The van der Waals surface area contributed by atoms with Gasteiger partial charge in [0.2, 0.25) is 5.91 Å². The molecule has 1 aromatic carbocycles. The number of benzene rings is 1. The molecule has 0 aliphatic heterocycles. The standard InChI is InChI=1S/C15H22N2OS/c1-17(14(18)15(11-16)8-3-9-15)10-12-4-6-13(19-2)7-5-12/h4-7H,3,8-11,16H2,1-2H3. The highest BCUT2D eigenvalue weighted by atomic mass is 32.2. The van der Waals surface area contributed by atoms with E-state index in [1.165, 1.54) is 10.5 Å². The van der Waals surface area contributed by atoms with Gasteiger partial charge in [-0.15, -0.1) is 11.8 Å². The maximum Gasteiger partial charge on any atom is 0.230 e. The van der Waals surface area contributed by atoms with Crippen LogP contribution in [0.1, 0.15) is 24.8 Å². The largest absolute Gasteiger partial charge is 0.341 e. The molecule has 0 bridgehead atoms. The lowest BCUT2D eigenvalue weighted by Crippen LogP contribution is -2.50.